The van der Waals surface area contributed by atoms with Gasteiger partial charge in [0.05, 0.1) is 0 Å². The van der Waals surface area contributed by atoms with Gasteiger partial charge in [0.25, 0.3) is 0 Å². The standard InChI is InChI=1S/C18H23N3O3S2/c22-18(21-15-7-2-1-3-8-15)20-13-16(14-6-4-10-19-12-14)26(23,24)17-9-5-11-25-17/h4-6,9-12,15-16H,1-3,7-8,13H2,(H2,20,21,22). The van der Waals surface area contributed by atoms with Gasteiger partial charge in [-0.25, -0.2) is 13.2 Å². The van der Waals surface area contributed by atoms with E-state index in [0.29, 0.717) is 9.77 Å². The zero-order valence-corrected chi connectivity index (χ0v) is 16.1. The number of aromatic nitrogens is 1. The zero-order valence-electron chi connectivity index (χ0n) is 14.4. The Hall–Kier alpha value is -1.93. The van der Waals surface area contributed by atoms with E-state index in [0.717, 1.165) is 25.7 Å². The number of amides is 2. The Morgan fingerprint density at radius 2 is 2.04 bits per heavy atom. The second-order valence-electron chi connectivity index (χ2n) is 6.44. The highest BCUT2D eigenvalue weighted by Crippen LogP contribution is 2.30. The molecule has 2 amide bonds. The Balaban J connectivity index is 1.71. The molecule has 0 saturated heterocycles. The van der Waals surface area contributed by atoms with Crippen molar-refractivity contribution in [1.82, 2.24) is 15.6 Å². The van der Waals surface area contributed by atoms with Crippen molar-refractivity contribution in [3.8, 4) is 0 Å². The van der Waals surface area contributed by atoms with Crippen LogP contribution in [-0.2, 0) is 9.84 Å². The van der Waals surface area contributed by atoms with E-state index in [1.165, 1.54) is 24.0 Å². The maximum Gasteiger partial charge on any atom is 0.315 e. The summed E-state index contributed by atoms with van der Waals surface area (Å²) in [6.45, 7) is 0.00444. The molecule has 0 bridgehead atoms. The van der Waals surface area contributed by atoms with Crippen molar-refractivity contribution >= 4 is 27.2 Å². The number of hydrogen-bond acceptors (Lipinski definition) is 5. The van der Waals surface area contributed by atoms with Gasteiger partial charge >= 0.3 is 6.03 Å². The van der Waals surface area contributed by atoms with Crippen molar-refractivity contribution in [2.24, 2.45) is 0 Å². The highest BCUT2D eigenvalue weighted by Gasteiger charge is 2.30. The van der Waals surface area contributed by atoms with Crippen molar-refractivity contribution in [3.63, 3.8) is 0 Å². The van der Waals surface area contributed by atoms with Gasteiger partial charge in [-0.15, -0.1) is 11.3 Å². The first-order valence-corrected chi connectivity index (χ1v) is 11.2. The number of nitrogens with zero attached hydrogens (tertiary/aromatic N) is 1. The number of nitrogens with one attached hydrogen (secondary N) is 2. The van der Waals surface area contributed by atoms with Crippen LogP contribution in [-0.4, -0.2) is 32.0 Å². The van der Waals surface area contributed by atoms with Gasteiger partial charge in [0, 0.05) is 25.0 Å². The molecule has 3 rings (SSSR count). The van der Waals surface area contributed by atoms with Crippen molar-refractivity contribution < 1.29 is 13.2 Å². The molecule has 0 radical (unpaired) electrons. The van der Waals surface area contributed by atoms with Crippen molar-refractivity contribution in [3.05, 3.63) is 47.6 Å². The van der Waals surface area contributed by atoms with Crippen molar-refractivity contribution in [1.29, 1.82) is 0 Å². The number of urea groups is 1. The van der Waals surface area contributed by atoms with Crippen LogP contribution in [0.5, 0.6) is 0 Å². The predicted molar refractivity (Wildman–Crippen MR) is 102 cm³/mol. The third-order valence-corrected chi connectivity index (χ3v) is 8.13. The Morgan fingerprint density at radius 1 is 1.23 bits per heavy atom. The van der Waals surface area contributed by atoms with E-state index in [-0.39, 0.29) is 18.6 Å². The molecule has 0 spiro atoms. The third-order valence-electron chi connectivity index (χ3n) is 4.59. The molecule has 1 saturated carbocycles. The summed E-state index contributed by atoms with van der Waals surface area (Å²) in [6, 6.07) is 6.59. The first kappa shape index (κ1) is 18.8. The van der Waals surface area contributed by atoms with Crippen LogP contribution in [0.4, 0.5) is 4.79 Å². The van der Waals surface area contributed by atoms with Gasteiger partial charge in [0.2, 0.25) is 0 Å². The van der Waals surface area contributed by atoms with Gasteiger partial charge in [0.15, 0.2) is 9.84 Å². The largest absolute Gasteiger partial charge is 0.336 e. The molecule has 1 aliphatic carbocycles. The fourth-order valence-corrected chi connectivity index (χ4v) is 6.06. The SMILES string of the molecule is O=C(NCC(c1cccnc1)S(=O)(=O)c1cccs1)NC1CCCCC1. The molecule has 2 aromatic heterocycles. The Labute approximate surface area is 158 Å². The quantitative estimate of drug-likeness (QED) is 0.788. The van der Waals surface area contributed by atoms with E-state index in [4.69, 9.17) is 0 Å². The predicted octanol–water partition coefficient (Wildman–Crippen LogP) is 3.29. The van der Waals surface area contributed by atoms with Gasteiger partial charge in [-0.3, -0.25) is 4.98 Å². The van der Waals surface area contributed by atoms with Crippen LogP contribution in [0, 0.1) is 0 Å². The normalized spacial score (nSPS) is 16.8. The molecule has 6 nitrogen and oxygen atoms in total. The molecule has 2 aromatic rings. The highest BCUT2D eigenvalue weighted by atomic mass is 32.2. The molecule has 1 atom stereocenters. The van der Waals surface area contributed by atoms with Gasteiger partial charge in [-0.1, -0.05) is 31.4 Å². The second kappa shape index (κ2) is 8.64. The fourth-order valence-electron chi connectivity index (χ4n) is 3.21. The number of carbonyl (C=O) groups excluding carboxylic acids is 1. The first-order valence-electron chi connectivity index (χ1n) is 8.79. The molecule has 8 heteroatoms. The summed E-state index contributed by atoms with van der Waals surface area (Å²) in [7, 11) is -3.60. The lowest BCUT2D eigenvalue weighted by molar-refractivity contribution is 0.232. The second-order valence-corrected chi connectivity index (χ2v) is 9.75. The summed E-state index contributed by atoms with van der Waals surface area (Å²) < 4.78 is 26.3. The average molecular weight is 394 g/mol. The molecule has 1 aliphatic rings. The number of pyridine rings is 1. The van der Waals surface area contributed by atoms with E-state index in [9.17, 15) is 13.2 Å². The molecule has 1 unspecified atom stereocenters. The zero-order chi connectivity index (χ0) is 18.4. The summed E-state index contributed by atoms with van der Waals surface area (Å²) in [5.74, 6) is 0. The number of sulfone groups is 1. The molecule has 2 heterocycles. The topological polar surface area (TPSA) is 88.2 Å². The molecule has 26 heavy (non-hydrogen) atoms. The molecule has 0 aliphatic heterocycles. The maximum absolute atomic E-state index is 13.0. The lowest BCUT2D eigenvalue weighted by Crippen LogP contribution is -2.44. The van der Waals surface area contributed by atoms with E-state index in [2.05, 4.69) is 15.6 Å². The van der Waals surface area contributed by atoms with Gasteiger partial charge < -0.3 is 10.6 Å². The Morgan fingerprint density at radius 3 is 2.69 bits per heavy atom. The third kappa shape index (κ3) is 4.62. The molecular weight excluding hydrogens is 370 g/mol. The van der Waals surface area contributed by atoms with E-state index in [1.807, 2.05) is 0 Å². The Bertz CT molecular complexity index is 801. The highest BCUT2D eigenvalue weighted by molar-refractivity contribution is 7.93. The number of hydrogen-bond donors (Lipinski definition) is 2. The summed E-state index contributed by atoms with van der Waals surface area (Å²) in [6.07, 6.45) is 8.55. The van der Waals surface area contributed by atoms with Crippen LogP contribution < -0.4 is 10.6 Å². The van der Waals surface area contributed by atoms with Crippen molar-refractivity contribution in [2.75, 3.05) is 6.54 Å². The minimum absolute atomic E-state index is 0.00444. The van der Waals surface area contributed by atoms with Crippen LogP contribution in [0.2, 0.25) is 0 Å². The minimum atomic E-state index is -3.60. The minimum Gasteiger partial charge on any atom is -0.336 e. The van der Waals surface area contributed by atoms with Gasteiger partial charge in [0.1, 0.15) is 9.46 Å². The van der Waals surface area contributed by atoms with E-state index < -0.39 is 15.1 Å². The lowest BCUT2D eigenvalue weighted by atomic mass is 9.96. The fraction of sp³-hybridized carbons (Fsp3) is 0.444. The maximum atomic E-state index is 13.0. The van der Waals surface area contributed by atoms with Gasteiger partial charge in [-0.05, 0) is 35.9 Å². The van der Waals surface area contributed by atoms with E-state index in [1.54, 1.807) is 35.8 Å². The van der Waals surface area contributed by atoms with Crippen LogP contribution >= 0.6 is 11.3 Å². The molecular formula is C18H23N3O3S2. The summed E-state index contributed by atoms with van der Waals surface area (Å²) in [5.41, 5.74) is 0.568. The summed E-state index contributed by atoms with van der Waals surface area (Å²) >= 11 is 1.18. The monoisotopic (exact) mass is 393 g/mol. The average Bonchev–Trinajstić information content (AvgIpc) is 3.19. The molecule has 2 N–H and O–H groups in total. The summed E-state index contributed by atoms with van der Waals surface area (Å²) in [4.78, 5) is 16.3. The van der Waals surface area contributed by atoms with E-state index >= 15 is 0 Å². The molecule has 0 aromatic carbocycles. The summed E-state index contributed by atoms with van der Waals surface area (Å²) in [5, 5.41) is 6.56. The van der Waals surface area contributed by atoms with Crippen molar-refractivity contribution in [2.45, 2.75) is 47.6 Å². The molecule has 1 fully saturated rings. The van der Waals surface area contributed by atoms with Crippen LogP contribution in [0.1, 0.15) is 42.9 Å². The smallest absolute Gasteiger partial charge is 0.315 e. The van der Waals surface area contributed by atoms with Crippen LogP contribution in [0.15, 0.2) is 46.2 Å². The van der Waals surface area contributed by atoms with Crippen LogP contribution in [0.25, 0.3) is 0 Å². The molecule has 140 valence electrons. The van der Waals surface area contributed by atoms with Crippen LogP contribution in [0.3, 0.4) is 0 Å². The number of thiophene rings is 1. The Kier molecular flexibility index (Phi) is 6.26. The number of carbonyl (C=O) groups is 1. The first-order chi connectivity index (χ1) is 12.6. The van der Waals surface area contributed by atoms with Gasteiger partial charge in [-0.2, -0.15) is 0 Å². The lowest BCUT2D eigenvalue weighted by Gasteiger charge is -2.24. The number of rotatable bonds is 6.